The van der Waals surface area contributed by atoms with Gasteiger partial charge in [-0.1, -0.05) is 40.9 Å². The molecule has 0 bridgehead atoms. The zero-order chi connectivity index (χ0) is 11.3. The van der Waals surface area contributed by atoms with Crippen LogP contribution in [0, 0.1) is 18.8 Å². The van der Waals surface area contributed by atoms with Gasteiger partial charge in [-0.3, -0.25) is 0 Å². The maximum atomic E-state index is 4.00. The first kappa shape index (κ1) is 18.2. The normalized spacial score (nSPS) is 7.31. The first-order valence-corrected chi connectivity index (χ1v) is 5.21. The third-order valence-corrected chi connectivity index (χ3v) is 1.43. The molecule has 0 aromatic heterocycles. The first-order chi connectivity index (χ1) is 6.04. The van der Waals surface area contributed by atoms with E-state index >= 15 is 0 Å². The van der Waals surface area contributed by atoms with Crippen LogP contribution in [0.4, 0.5) is 0 Å². The Morgan fingerprint density at radius 3 is 1.77 bits per heavy atom. The lowest BCUT2D eigenvalue weighted by atomic mass is 10.3. The van der Waals surface area contributed by atoms with Crippen molar-refractivity contribution >= 4 is 11.8 Å². The van der Waals surface area contributed by atoms with Crippen molar-refractivity contribution in [1.29, 1.82) is 0 Å². The van der Waals surface area contributed by atoms with E-state index in [2.05, 4.69) is 53.7 Å². The number of hydrogen-bond acceptors (Lipinski definition) is 1. The van der Waals surface area contributed by atoms with Gasteiger partial charge in [-0.05, 0) is 22.7 Å². The van der Waals surface area contributed by atoms with E-state index in [0.717, 1.165) is 12.3 Å². The van der Waals surface area contributed by atoms with Crippen LogP contribution in [0.1, 0.15) is 34.1 Å². The molecule has 0 heterocycles. The van der Waals surface area contributed by atoms with Crippen LogP contribution in [0.2, 0.25) is 0 Å². The van der Waals surface area contributed by atoms with Gasteiger partial charge in [0.2, 0.25) is 0 Å². The fraction of sp³-hybridized carbons (Fsp3) is 0.500. The van der Waals surface area contributed by atoms with Crippen molar-refractivity contribution in [2.24, 2.45) is 5.92 Å². The Morgan fingerprint density at radius 2 is 1.69 bits per heavy atom. The summed E-state index contributed by atoms with van der Waals surface area (Å²) in [5, 5.41) is 1.80. The Balaban J connectivity index is -0.000000142. The molecule has 0 aliphatic carbocycles. The average molecular weight is 198 g/mol. The fourth-order valence-electron chi connectivity index (χ4n) is 0.201. The summed E-state index contributed by atoms with van der Waals surface area (Å²) in [4.78, 5) is 1.18. The molecule has 0 nitrogen and oxygen atoms in total. The van der Waals surface area contributed by atoms with Crippen LogP contribution in [-0.4, -0.2) is 0 Å². The van der Waals surface area contributed by atoms with Gasteiger partial charge in [0.05, 0.1) is 0 Å². The summed E-state index contributed by atoms with van der Waals surface area (Å²) < 4.78 is 0. The van der Waals surface area contributed by atoms with Crippen molar-refractivity contribution in [3.05, 3.63) is 23.5 Å². The van der Waals surface area contributed by atoms with Gasteiger partial charge >= 0.3 is 0 Å². The van der Waals surface area contributed by atoms with Crippen LogP contribution < -0.4 is 0 Å². The Hall–Kier alpha value is -0.610. The number of rotatable bonds is 3. The molecule has 0 saturated heterocycles. The molecule has 0 fully saturated rings. The van der Waals surface area contributed by atoms with Crippen LogP contribution in [0.5, 0.6) is 0 Å². The molecule has 0 unspecified atom stereocenters. The lowest BCUT2D eigenvalue weighted by Crippen LogP contribution is -1.66. The highest BCUT2D eigenvalue weighted by Crippen LogP contribution is 2.15. The van der Waals surface area contributed by atoms with Gasteiger partial charge in [0.1, 0.15) is 0 Å². The van der Waals surface area contributed by atoms with Gasteiger partial charge in [-0.25, -0.2) is 0 Å². The fourth-order valence-corrected chi connectivity index (χ4v) is 0.604. The van der Waals surface area contributed by atoms with E-state index < -0.39 is 0 Å². The number of allylic oxidation sites excluding steroid dienone is 1. The largest absolute Gasteiger partial charge is 0.124 e. The van der Waals surface area contributed by atoms with Crippen molar-refractivity contribution in [3.8, 4) is 12.8 Å². The zero-order valence-electron chi connectivity index (χ0n) is 9.34. The van der Waals surface area contributed by atoms with Crippen molar-refractivity contribution in [2.75, 3.05) is 0 Å². The molecule has 0 aromatic carbocycles. The smallest absolute Gasteiger partial charge is 0.0183 e. The molecule has 0 saturated carbocycles. The highest BCUT2D eigenvalue weighted by molar-refractivity contribution is 8.05. The summed E-state index contributed by atoms with van der Waals surface area (Å²) in [5.74, 6) is 0.833. The van der Waals surface area contributed by atoms with Crippen LogP contribution in [0.3, 0.4) is 0 Å². The molecule has 0 aliphatic heterocycles. The molecular weight excluding hydrogens is 176 g/mol. The number of terminal acetylenes is 1. The molecule has 0 radical (unpaired) electrons. The number of hydrogen-bond donors (Lipinski definition) is 0. The van der Waals surface area contributed by atoms with E-state index in [9.17, 15) is 0 Å². The second-order valence-electron chi connectivity index (χ2n) is 2.91. The lowest BCUT2D eigenvalue weighted by molar-refractivity contribution is 0.737. The van der Waals surface area contributed by atoms with E-state index in [1.165, 1.54) is 4.91 Å². The van der Waals surface area contributed by atoms with E-state index in [-0.39, 0.29) is 0 Å². The standard InChI is InChI=1S/C6H10S.C4H10.C2H2/c1-4-6(3)7-5-2;1-4(2)3;1-2/h5H,2-4H2,1H3;4H,1-3H3;1-2H. The molecule has 0 amide bonds. The van der Waals surface area contributed by atoms with Gasteiger partial charge in [-0.2, -0.15) is 0 Å². The summed E-state index contributed by atoms with van der Waals surface area (Å²) in [6.07, 6.45) is 9.04. The third-order valence-electron chi connectivity index (χ3n) is 0.644. The second kappa shape index (κ2) is 17.5. The molecule has 0 rings (SSSR count). The molecule has 0 aromatic rings. The summed E-state index contributed by atoms with van der Waals surface area (Å²) in [6.45, 7) is 15.9. The van der Waals surface area contributed by atoms with Crippen molar-refractivity contribution in [2.45, 2.75) is 34.1 Å². The molecule has 0 N–H and O–H groups in total. The first-order valence-electron chi connectivity index (χ1n) is 4.33. The molecule has 0 aliphatic rings. The molecular formula is C12H22S. The summed E-state index contributed by atoms with van der Waals surface area (Å²) >= 11 is 1.60. The minimum Gasteiger partial charge on any atom is -0.124 e. The highest BCUT2D eigenvalue weighted by Gasteiger charge is 1.81. The minimum absolute atomic E-state index is 0.833. The van der Waals surface area contributed by atoms with E-state index in [0.29, 0.717) is 0 Å². The Labute approximate surface area is 88.5 Å². The molecule has 76 valence electrons. The van der Waals surface area contributed by atoms with Gasteiger partial charge in [0, 0.05) is 0 Å². The lowest BCUT2D eigenvalue weighted by Gasteiger charge is -1.90. The SMILES string of the molecule is C#C.C=CSC(=C)CC.CC(C)C. The van der Waals surface area contributed by atoms with Gasteiger partial charge in [0.25, 0.3) is 0 Å². The van der Waals surface area contributed by atoms with Gasteiger partial charge in [0.15, 0.2) is 0 Å². The second-order valence-corrected chi connectivity index (χ2v) is 4.06. The quantitative estimate of drug-likeness (QED) is 0.592. The van der Waals surface area contributed by atoms with Gasteiger partial charge < -0.3 is 0 Å². The van der Waals surface area contributed by atoms with Crippen molar-refractivity contribution in [3.63, 3.8) is 0 Å². The van der Waals surface area contributed by atoms with Crippen LogP contribution >= 0.6 is 11.8 Å². The van der Waals surface area contributed by atoms with Crippen molar-refractivity contribution in [1.82, 2.24) is 0 Å². The Morgan fingerprint density at radius 1 is 1.38 bits per heavy atom. The average Bonchev–Trinajstić information content (AvgIpc) is 2.07. The van der Waals surface area contributed by atoms with Gasteiger partial charge in [-0.15, -0.1) is 24.6 Å². The topological polar surface area (TPSA) is 0 Å². The zero-order valence-corrected chi connectivity index (χ0v) is 10.2. The van der Waals surface area contributed by atoms with E-state index in [4.69, 9.17) is 0 Å². The molecule has 13 heavy (non-hydrogen) atoms. The predicted molar refractivity (Wildman–Crippen MR) is 67.6 cm³/mol. The number of thioether (sulfide) groups is 1. The summed E-state index contributed by atoms with van der Waals surface area (Å²) in [6, 6.07) is 0. The maximum Gasteiger partial charge on any atom is -0.0183 e. The van der Waals surface area contributed by atoms with E-state index in [1.807, 2.05) is 0 Å². The highest BCUT2D eigenvalue weighted by atomic mass is 32.2. The van der Waals surface area contributed by atoms with E-state index in [1.54, 1.807) is 17.2 Å². The molecule has 0 atom stereocenters. The molecule has 1 heteroatoms. The molecule has 0 spiro atoms. The monoisotopic (exact) mass is 198 g/mol. The Kier molecular flexibility index (Phi) is 24.5. The minimum atomic E-state index is 0.833. The Bertz CT molecular complexity index is 129. The maximum absolute atomic E-state index is 4.00. The van der Waals surface area contributed by atoms with Crippen LogP contribution in [-0.2, 0) is 0 Å². The third kappa shape index (κ3) is 52.1. The summed E-state index contributed by atoms with van der Waals surface area (Å²) in [7, 11) is 0. The predicted octanol–water partition coefficient (Wildman–Crippen LogP) is 4.70. The summed E-state index contributed by atoms with van der Waals surface area (Å²) in [5.41, 5.74) is 0. The van der Waals surface area contributed by atoms with Crippen LogP contribution in [0.15, 0.2) is 23.5 Å². The van der Waals surface area contributed by atoms with Crippen molar-refractivity contribution < 1.29 is 0 Å². The van der Waals surface area contributed by atoms with Crippen LogP contribution in [0.25, 0.3) is 0 Å².